The number of carbonyl (C=O) groups excluding carboxylic acids is 2. The number of hydrogen-bond acceptors (Lipinski definition) is 2. The first kappa shape index (κ1) is 18.7. The molecule has 1 aliphatic heterocycles. The van der Waals surface area contributed by atoms with Gasteiger partial charge in [-0.05, 0) is 44.4 Å². The van der Waals surface area contributed by atoms with E-state index in [1.807, 2.05) is 0 Å². The first-order valence-corrected chi connectivity index (χ1v) is 10.8. The molecular weight excluding hydrogens is 312 g/mol. The molecule has 0 spiro atoms. The highest BCUT2D eigenvalue weighted by atomic mass is 16.2. The topological polar surface area (TPSA) is 49.4 Å². The van der Waals surface area contributed by atoms with E-state index in [1.165, 1.54) is 38.5 Å². The number of fused-ring (bicyclic) bond motifs is 1. The molecule has 3 fully saturated rings. The SMILES string of the molecule is O=C1NCCCCCCN(C(=O)CC2CCCCC2)C2CCCCC12. The maximum absolute atomic E-state index is 13.2. The zero-order valence-electron chi connectivity index (χ0n) is 15.8. The lowest BCUT2D eigenvalue weighted by Crippen LogP contribution is -2.51. The number of nitrogens with zero attached hydrogens (tertiary/aromatic N) is 1. The summed E-state index contributed by atoms with van der Waals surface area (Å²) in [4.78, 5) is 28.0. The Morgan fingerprint density at radius 3 is 2.40 bits per heavy atom. The summed E-state index contributed by atoms with van der Waals surface area (Å²) in [6.07, 6.45) is 15.8. The molecule has 2 saturated carbocycles. The van der Waals surface area contributed by atoms with E-state index in [-0.39, 0.29) is 17.9 Å². The second-order valence-electron chi connectivity index (χ2n) is 8.46. The van der Waals surface area contributed by atoms with Crippen molar-refractivity contribution in [2.45, 2.75) is 95.9 Å². The van der Waals surface area contributed by atoms with Crippen LogP contribution in [0.5, 0.6) is 0 Å². The van der Waals surface area contributed by atoms with Crippen molar-refractivity contribution in [3.05, 3.63) is 0 Å². The molecule has 25 heavy (non-hydrogen) atoms. The van der Waals surface area contributed by atoms with Crippen molar-refractivity contribution in [3.63, 3.8) is 0 Å². The van der Waals surface area contributed by atoms with Crippen LogP contribution >= 0.6 is 0 Å². The minimum absolute atomic E-state index is 0.0159. The summed E-state index contributed by atoms with van der Waals surface area (Å²) in [6, 6.07) is 0.142. The van der Waals surface area contributed by atoms with E-state index in [0.29, 0.717) is 18.2 Å². The van der Waals surface area contributed by atoms with E-state index in [2.05, 4.69) is 10.2 Å². The summed E-state index contributed by atoms with van der Waals surface area (Å²) in [6.45, 7) is 1.66. The zero-order valence-corrected chi connectivity index (χ0v) is 15.8. The van der Waals surface area contributed by atoms with Crippen molar-refractivity contribution >= 4 is 11.8 Å². The average Bonchev–Trinajstić information content (AvgIpc) is 2.67. The molecule has 1 heterocycles. The zero-order chi connectivity index (χ0) is 17.5. The number of carbonyl (C=O) groups is 2. The minimum Gasteiger partial charge on any atom is -0.356 e. The highest BCUT2D eigenvalue weighted by molar-refractivity contribution is 5.82. The van der Waals surface area contributed by atoms with Crippen LogP contribution in [0.15, 0.2) is 0 Å². The van der Waals surface area contributed by atoms with Crippen molar-refractivity contribution in [1.82, 2.24) is 10.2 Å². The monoisotopic (exact) mass is 348 g/mol. The third kappa shape index (κ3) is 5.21. The fourth-order valence-electron chi connectivity index (χ4n) is 5.12. The minimum atomic E-state index is 0.0159. The van der Waals surface area contributed by atoms with Gasteiger partial charge >= 0.3 is 0 Å². The molecule has 0 aromatic carbocycles. The normalized spacial score (nSPS) is 30.1. The van der Waals surface area contributed by atoms with E-state index in [4.69, 9.17) is 0 Å². The molecule has 0 aromatic heterocycles. The van der Waals surface area contributed by atoms with Gasteiger partial charge < -0.3 is 10.2 Å². The summed E-state index contributed by atoms with van der Waals surface area (Å²) in [5.41, 5.74) is 0. The summed E-state index contributed by atoms with van der Waals surface area (Å²) in [5.74, 6) is 1.12. The molecular formula is C21H36N2O2. The first-order valence-electron chi connectivity index (χ1n) is 10.8. The molecule has 0 bridgehead atoms. The quantitative estimate of drug-likeness (QED) is 0.819. The van der Waals surface area contributed by atoms with Crippen LogP contribution in [0.25, 0.3) is 0 Å². The van der Waals surface area contributed by atoms with Gasteiger partial charge in [0.15, 0.2) is 0 Å². The van der Waals surface area contributed by atoms with Crippen molar-refractivity contribution < 1.29 is 9.59 Å². The summed E-state index contributed by atoms with van der Waals surface area (Å²) in [7, 11) is 0. The van der Waals surface area contributed by atoms with Crippen LogP contribution in [-0.2, 0) is 9.59 Å². The summed E-state index contributed by atoms with van der Waals surface area (Å²) >= 11 is 0. The third-order valence-electron chi connectivity index (χ3n) is 6.60. The molecule has 3 rings (SSSR count). The Morgan fingerprint density at radius 2 is 1.56 bits per heavy atom. The van der Waals surface area contributed by atoms with E-state index in [9.17, 15) is 9.59 Å². The van der Waals surface area contributed by atoms with Gasteiger partial charge in [-0.15, -0.1) is 0 Å². The smallest absolute Gasteiger partial charge is 0.225 e. The fourth-order valence-corrected chi connectivity index (χ4v) is 5.12. The summed E-state index contributed by atoms with van der Waals surface area (Å²) < 4.78 is 0. The summed E-state index contributed by atoms with van der Waals surface area (Å²) in [5, 5.41) is 3.14. The highest BCUT2D eigenvalue weighted by Crippen LogP contribution is 2.32. The van der Waals surface area contributed by atoms with Crippen LogP contribution in [0, 0.1) is 11.8 Å². The predicted molar refractivity (Wildman–Crippen MR) is 100 cm³/mol. The average molecular weight is 349 g/mol. The molecule has 2 atom stereocenters. The van der Waals surface area contributed by atoms with E-state index in [0.717, 1.165) is 58.0 Å². The lowest BCUT2D eigenvalue weighted by molar-refractivity contribution is -0.140. The molecule has 2 aliphatic carbocycles. The van der Waals surface area contributed by atoms with Crippen LogP contribution in [0.2, 0.25) is 0 Å². The van der Waals surface area contributed by atoms with Crippen LogP contribution in [0.4, 0.5) is 0 Å². The van der Waals surface area contributed by atoms with Crippen LogP contribution < -0.4 is 5.32 Å². The third-order valence-corrected chi connectivity index (χ3v) is 6.60. The van der Waals surface area contributed by atoms with Gasteiger partial charge in [-0.3, -0.25) is 9.59 Å². The Balaban J connectivity index is 1.71. The number of amides is 2. The van der Waals surface area contributed by atoms with Crippen molar-refractivity contribution in [3.8, 4) is 0 Å². The standard InChI is InChI=1S/C21H36N2O2/c24-20(16-17-10-4-3-5-11-17)23-15-9-2-1-8-14-22-21(25)18-12-6-7-13-19(18)23/h17-19H,1-16H2,(H,22,25). The van der Waals surface area contributed by atoms with Crippen LogP contribution in [0.3, 0.4) is 0 Å². The Bertz CT molecular complexity index is 445. The van der Waals surface area contributed by atoms with Crippen LogP contribution in [-0.4, -0.2) is 35.8 Å². The molecule has 142 valence electrons. The van der Waals surface area contributed by atoms with Crippen molar-refractivity contribution in [1.29, 1.82) is 0 Å². The van der Waals surface area contributed by atoms with E-state index < -0.39 is 0 Å². The number of nitrogens with one attached hydrogen (secondary N) is 1. The van der Waals surface area contributed by atoms with Crippen molar-refractivity contribution in [2.75, 3.05) is 13.1 Å². The molecule has 4 heteroatoms. The lowest BCUT2D eigenvalue weighted by Gasteiger charge is -2.40. The van der Waals surface area contributed by atoms with Crippen molar-refractivity contribution in [2.24, 2.45) is 11.8 Å². The molecule has 0 aromatic rings. The van der Waals surface area contributed by atoms with Gasteiger partial charge in [0, 0.05) is 25.6 Å². The number of rotatable bonds is 2. The Morgan fingerprint density at radius 1 is 0.880 bits per heavy atom. The predicted octanol–water partition coefficient (Wildman–Crippen LogP) is 4.03. The lowest BCUT2D eigenvalue weighted by atomic mass is 9.81. The molecule has 3 aliphatic rings. The van der Waals surface area contributed by atoms with Gasteiger partial charge in [0.2, 0.25) is 11.8 Å². The molecule has 2 unspecified atom stereocenters. The molecule has 4 nitrogen and oxygen atoms in total. The molecule has 1 N–H and O–H groups in total. The van der Waals surface area contributed by atoms with Gasteiger partial charge in [-0.25, -0.2) is 0 Å². The van der Waals surface area contributed by atoms with Gasteiger partial charge in [0.1, 0.15) is 0 Å². The Labute approximate surface area is 153 Å². The molecule has 0 radical (unpaired) electrons. The fraction of sp³-hybridized carbons (Fsp3) is 0.905. The second kappa shape index (κ2) is 9.59. The maximum atomic E-state index is 13.2. The highest BCUT2D eigenvalue weighted by Gasteiger charge is 2.37. The Kier molecular flexibility index (Phi) is 7.18. The van der Waals surface area contributed by atoms with Gasteiger partial charge in [0.25, 0.3) is 0 Å². The molecule has 2 amide bonds. The maximum Gasteiger partial charge on any atom is 0.225 e. The second-order valence-corrected chi connectivity index (χ2v) is 8.46. The van der Waals surface area contributed by atoms with Crippen LogP contribution in [0.1, 0.15) is 89.9 Å². The first-order chi connectivity index (χ1) is 12.3. The Hall–Kier alpha value is -1.06. The number of hydrogen-bond donors (Lipinski definition) is 1. The van der Waals surface area contributed by atoms with Gasteiger partial charge in [-0.2, -0.15) is 0 Å². The van der Waals surface area contributed by atoms with E-state index in [1.54, 1.807) is 0 Å². The molecule has 1 saturated heterocycles. The van der Waals surface area contributed by atoms with Gasteiger partial charge in [-0.1, -0.05) is 44.9 Å². The largest absolute Gasteiger partial charge is 0.356 e. The van der Waals surface area contributed by atoms with E-state index >= 15 is 0 Å². The van der Waals surface area contributed by atoms with Gasteiger partial charge in [0.05, 0.1) is 5.92 Å².